The molecule has 0 fully saturated rings. The summed E-state index contributed by atoms with van der Waals surface area (Å²) in [5, 5.41) is 40.7. The fourth-order valence-corrected chi connectivity index (χ4v) is 6.59. The first-order valence-corrected chi connectivity index (χ1v) is 19.5. The number of carbonyl (C=O) groups is 8. The summed E-state index contributed by atoms with van der Waals surface area (Å²) < 4.78 is 28.3. The van der Waals surface area contributed by atoms with Crippen molar-refractivity contribution in [3.8, 4) is 28.2 Å². The number of Topliss-reactive ketones (excluding diaryl/α,β-unsaturated/α-hetero) is 1. The number of rotatable bonds is 20. The maximum atomic E-state index is 14.0. The number of esters is 2. The second-order valence-corrected chi connectivity index (χ2v) is 14.9. The molecule has 0 saturated carbocycles. The van der Waals surface area contributed by atoms with Crippen molar-refractivity contribution in [2.24, 2.45) is 5.92 Å². The molecule has 7 N–H and O–H groups in total. The van der Waals surface area contributed by atoms with Crippen molar-refractivity contribution in [3.63, 3.8) is 0 Å². The highest BCUT2D eigenvalue weighted by Crippen LogP contribution is 2.42. The number of ketones is 1. The summed E-state index contributed by atoms with van der Waals surface area (Å²) in [4.78, 5) is 116. The number of phenols is 1. The molecule has 2 aromatic carbocycles. The van der Waals surface area contributed by atoms with Gasteiger partial charge >= 0.3 is 17.9 Å². The molecule has 63 heavy (non-hydrogen) atoms. The van der Waals surface area contributed by atoms with Crippen LogP contribution in [0.25, 0.3) is 33.4 Å². The van der Waals surface area contributed by atoms with Gasteiger partial charge in [0.2, 0.25) is 17.7 Å². The molecule has 4 rings (SSSR count). The van der Waals surface area contributed by atoms with Gasteiger partial charge in [-0.3, -0.25) is 38.4 Å². The highest BCUT2D eigenvalue weighted by Gasteiger charge is 2.35. The van der Waals surface area contributed by atoms with Crippen molar-refractivity contribution in [2.75, 3.05) is 20.9 Å². The number of nitrogens with one attached hydrogen (secondary N) is 4. The van der Waals surface area contributed by atoms with Crippen molar-refractivity contribution in [1.29, 1.82) is 0 Å². The van der Waals surface area contributed by atoms with E-state index in [9.17, 15) is 62.9 Å². The number of hydrogen-bond acceptors (Lipinski definition) is 14. The van der Waals surface area contributed by atoms with Gasteiger partial charge in [-0.1, -0.05) is 13.8 Å². The third-order valence-electron chi connectivity index (χ3n) is 9.78. The molecule has 5 atom stereocenters. The van der Waals surface area contributed by atoms with Crippen molar-refractivity contribution >= 4 is 58.3 Å². The van der Waals surface area contributed by atoms with E-state index in [1.807, 2.05) is 0 Å². The van der Waals surface area contributed by atoms with Gasteiger partial charge in [0, 0.05) is 40.6 Å². The predicted molar refractivity (Wildman–Crippen MR) is 220 cm³/mol. The number of aliphatic hydroxyl groups excluding tert-OH is 1. The minimum atomic E-state index is -1.84. The van der Waals surface area contributed by atoms with Crippen LogP contribution in [-0.4, -0.2) is 114 Å². The van der Waals surface area contributed by atoms with Gasteiger partial charge in [-0.05, 0) is 73.7 Å². The molecule has 0 bridgehead atoms. The lowest BCUT2D eigenvalue weighted by Crippen LogP contribution is -2.60. The summed E-state index contributed by atoms with van der Waals surface area (Å²) in [7, 11) is 2.09. The summed E-state index contributed by atoms with van der Waals surface area (Å²) >= 11 is 0. The lowest BCUT2D eigenvalue weighted by molar-refractivity contribution is -0.144. The molecule has 0 spiro atoms. The first-order valence-electron chi connectivity index (χ1n) is 19.5. The van der Waals surface area contributed by atoms with Crippen molar-refractivity contribution in [2.45, 2.75) is 76.7 Å². The summed E-state index contributed by atoms with van der Waals surface area (Å²) in [5.74, 6) is -8.77. The quantitative estimate of drug-likeness (QED) is 0.0494. The average molecular weight is 879 g/mol. The summed E-state index contributed by atoms with van der Waals surface area (Å²) in [5.41, 5.74) is -0.0734. The van der Waals surface area contributed by atoms with Gasteiger partial charge in [0.1, 0.15) is 47.9 Å². The number of halogens is 1. The Kier molecular flexibility index (Phi) is 16.6. The number of aromatic carboxylic acids is 1. The van der Waals surface area contributed by atoms with Crippen LogP contribution >= 0.6 is 0 Å². The van der Waals surface area contributed by atoms with Gasteiger partial charge < -0.3 is 50.5 Å². The van der Waals surface area contributed by atoms with Gasteiger partial charge in [0.15, 0.2) is 11.2 Å². The lowest BCUT2D eigenvalue weighted by Gasteiger charge is -2.27. The fraction of sp³-hybridized carbons (Fsp3) is 0.372. The number of carbonyl (C=O) groups excluding carboxylic acids is 7. The van der Waals surface area contributed by atoms with Gasteiger partial charge in [-0.15, -0.1) is 0 Å². The zero-order chi connectivity index (χ0) is 46.7. The number of amides is 4. The molecule has 4 amide bonds. The number of ether oxygens (including phenoxy) is 2. The highest BCUT2D eigenvalue weighted by atomic mass is 19.1. The highest BCUT2D eigenvalue weighted by molar-refractivity contribution is 6.09. The fourth-order valence-electron chi connectivity index (χ4n) is 6.59. The predicted octanol–water partition coefficient (Wildman–Crippen LogP) is 2.00. The van der Waals surface area contributed by atoms with Crippen molar-refractivity contribution < 1.29 is 72.0 Å². The molecule has 2 aliphatic rings. The van der Waals surface area contributed by atoms with Crippen LogP contribution < -0.4 is 26.7 Å². The molecule has 2 aromatic rings. The van der Waals surface area contributed by atoms with E-state index in [4.69, 9.17) is 4.42 Å². The SMILES string of the molecule is COC(=O)CC[C@H](NC(=O)[C@H](CC(C)C)NC(=O)c1ccc(C(=O)O)c(-c2c3ccc(=O)cc-3oc3cc(O)ccc23)c1)C(=O)N[C@H](C(=O)N[C@@H](CC(=O)OC)C(=O)CF)[C@H](C)O. The third-order valence-corrected chi connectivity index (χ3v) is 9.78. The smallest absolute Gasteiger partial charge is 0.336 e. The number of carboxylic acids is 1. The minimum Gasteiger partial charge on any atom is -0.508 e. The molecule has 0 radical (unpaired) electrons. The number of phenolic OH excluding ortho intramolecular Hbond substituents is 1. The molecule has 0 aromatic heterocycles. The Morgan fingerprint density at radius 1 is 0.762 bits per heavy atom. The van der Waals surface area contributed by atoms with Crippen LogP contribution in [0.4, 0.5) is 4.39 Å². The normalized spacial score (nSPS) is 13.5. The van der Waals surface area contributed by atoms with Crippen LogP contribution in [0.3, 0.4) is 0 Å². The first-order chi connectivity index (χ1) is 29.8. The number of alkyl halides is 1. The molecule has 20 heteroatoms. The third kappa shape index (κ3) is 12.4. The monoisotopic (exact) mass is 878 g/mol. The van der Waals surface area contributed by atoms with Crippen molar-refractivity contribution in [3.05, 3.63) is 75.9 Å². The standard InChI is InChI=1S/C43H47FN4O15/c1-20(2)14-31(41(57)45-29(12-13-35(53)61-4)40(56)48-38(21(3)49)42(58)46-30(32(52)19-44)18-36(54)62-5)47-39(55)22-6-9-25(43(59)60)28(15-22)37-26-10-7-23(50)16-33(26)63-34-17-24(51)8-11-27(34)37/h6-11,15-17,20-21,29-31,38,49-50H,12-14,18-19H2,1-5H3,(H,45,57)(H,46,58)(H,47,55)(H,48,56)(H,59,60)/t21-,29-,30-,31-,38-/m0/s1. The van der Waals surface area contributed by atoms with E-state index in [2.05, 4.69) is 30.7 Å². The van der Waals surface area contributed by atoms with Crippen LogP contribution in [-0.2, 0) is 38.2 Å². The Bertz CT molecular complexity index is 2430. The van der Waals surface area contributed by atoms with E-state index >= 15 is 0 Å². The number of aromatic hydroxyl groups is 1. The van der Waals surface area contributed by atoms with Gasteiger partial charge in [-0.25, -0.2) is 9.18 Å². The summed E-state index contributed by atoms with van der Waals surface area (Å²) in [6.45, 7) is 3.02. The van der Waals surface area contributed by atoms with Crippen LogP contribution in [0, 0.1) is 5.92 Å². The largest absolute Gasteiger partial charge is 0.508 e. The molecule has 336 valence electrons. The molecule has 1 aliphatic heterocycles. The zero-order valence-electron chi connectivity index (χ0n) is 34.8. The maximum absolute atomic E-state index is 14.0. The Labute approximate surface area is 358 Å². The molecule has 0 saturated heterocycles. The Hall–Kier alpha value is -7.22. The van der Waals surface area contributed by atoms with Crippen LogP contribution in [0.2, 0.25) is 0 Å². The zero-order valence-corrected chi connectivity index (χ0v) is 34.8. The van der Waals surface area contributed by atoms with Crippen LogP contribution in [0.5, 0.6) is 5.75 Å². The Balaban J connectivity index is 1.67. The van der Waals surface area contributed by atoms with E-state index in [1.54, 1.807) is 13.8 Å². The summed E-state index contributed by atoms with van der Waals surface area (Å²) in [6, 6.07) is 5.11. The molecule has 0 unspecified atom stereocenters. The number of fused-ring (bicyclic) bond motifs is 2. The van der Waals surface area contributed by atoms with Crippen molar-refractivity contribution in [1.82, 2.24) is 21.3 Å². The van der Waals surface area contributed by atoms with Gasteiger partial charge in [0.05, 0.1) is 32.3 Å². The number of carboxylic acid groups (broad SMARTS) is 1. The van der Waals surface area contributed by atoms with E-state index in [1.165, 1.54) is 54.6 Å². The minimum absolute atomic E-state index is 0.0116. The van der Waals surface area contributed by atoms with Gasteiger partial charge in [-0.2, -0.15) is 0 Å². The second-order valence-electron chi connectivity index (χ2n) is 14.9. The molecular weight excluding hydrogens is 831 g/mol. The number of aliphatic hydroxyl groups is 1. The van der Waals surface area contributed by atoms with Crippen LogP contribution in [0.1, 0.15) is 67.2 Å². The number of methoxy groups -OCH3 is 2. The molecule has 1 aliphatic carbocycles. The first kappa shape index (κ1) is 48.4. The van der Waals surface area contributed by atoms with E-state index in [0.717, 1.165) is 21.1 Å². The van der Waals surface area contributed by atoms with E-state index in [-0.39, 0.29) is 51.7 Å². The second kappa shape index (κ2) is 21.5. The Morgan fingerprint density at radius 3 is 2.05 bits per heavy atom. The van der Waals surface area contributed by atoms with E-state index < -0.39 is 109 Å². The number of benzene rings is 3. The topological polar surface area (TPSA) is 294 Å². The van der Waals surface area contributed by atoms with Crippen LogP contribution in [0.15, 0.2) is 63.8 Å². The number of hydrogen-bond donors (Lipinski definition) is 7. The lowest BCUT2D eigenvalue weighted by atomic mass is 9.89. The average Bonchev–Trinajstić information content (AvgIpc) is 3.23. The van der Waals surface area contributed by atoms with Gasteiger partial charge in [0.25, 0.3) is 5.91 Å². The molecule has 1 heterocycles. The Morgan fingerprint density at radius 2 is 1.43 bits per heavy atom. The van der Waals surface area contributed by atoms with E-state index in [0.29, 0.717) is 10.9 Å². The molecular formula is C43H47FN4O15. The maximum Gasteiger partial charge on any atom is 0.336 e. The molecule has 19 nitrogen and oxygen atoms in total. The summed E-state index contributed by atoms with van der Waals surface area (Å²) in [6.07, 6.45) is -3.28.